The van der Waals surface area contributed by atoms with Crippen molar-refractivity contribution in [3.05, 3.63) is 35.4 Å². The highest BCUT2D eigenvalue weighted by atomic mass is 16.2. The number of benzene rings is 1. The second-order valence-electron chi connectivity index (χ2n) is 5.50. The smallest absolute Gasteiger partial charge is 0.223 e. The SMILES string of the molecule is CN(CCCN)C(=O)CCN1CCc2ccccc2C1. The van der Waals surface area contributed by atoms with Crippen molar-refractivity contribution in [2.24, 2.45) is 5.73 Å². The summed E-state index contributed by atoms with van der Waals surface area (Å²) in [5.41, 5.74) is 8.33. The molecule has 2 rings (SSSR count). The second kappa shape index (κ2) is 7.41. The molecule has 0 unspecified atom stereocenters. The molecule has 0 aromatic heterocycles. The van der Waals surface area contributed by atoms with Crippen molar-refractivity contribution in [1.82, 2.24) is 9.80 Å². The first-order valence-electron chi connectivity index (χ1n) is 7.44. The van der Waals surface area contributed by atoms with E-state index in [2.05, 4.69) is 29.2 Å². The van der Waals surface area contributed by atoms with Crippen molar-refractivity contribution >= 4 is 5.91 Å². The molecule has 4 heteroatoms. The van der Waals surface area contributed by atoms with Gasteiger partial charge in [-0.05, 0) is 30.5 Å². The minimum Gasteiger partial charge on any atom is -0.346 e. The van der Waals surface area contributed by atoms with Crippen LogP contribution < -0.4 is 5.73 Å². The van der Waals surface area contributed by atoms with Crippen LogP contribution in [0.4, 0.5) is 0 Å². The molecule has 20 heavy (non-hydrogen) atoms. The molecule has 1 aliphatic rings. The van der Waals surface area contributed by atoms with Gasteiger partial charge in [0.15, 0.2) is 0 Å². The molecule has 0 radical (unpaired) electrons. The van der Waals surface area contributed by atoms with Gasteiger partial charge in [0, 0.05) is 39.6 Å². The van der Waals surface area contributed by atoms with Gasteiger partial charge in [-0.3, -0.25) is 9.69 Å². The van der Waals surface area contributed by atoms with E-state index in [-0.39, 0.29) is 5.91 Å². The molecule has 0 atom stereocenters. The Kier molecular flexibility index (Phi) is 5.56. The number of amides is 1. The maximum Gasteiger partial charge on any atom is 0.223 e. The molecular weight excluding hydrogens is 250 g/mol. The number of nitrogens with zero attached hydrogens (tertiary/aromatic N) is 2. The number of nitrogens with two attached hydrogens (primary N) is 1. The summed E-state index contributed by atoms with van der Waals surface area (Å²) >= 11 is 0. The van der Waals surface area contributed by atoms with Gasteiger partial charge in [-0.2, -0.15) is 0 Å². The van der Waals surface area contributed by atoms with E-state index in [0.717, 1.165) is 39.0 Å². The highest BCUT2D eigenvalue weighted by Crippen LogP contribution is 2.18. The third kappa shape index (κ3) is 4.05. The van der Waals surface area contributed by atoms with Crippen molar-refractivity contribution < 1.29 is 4.79 Å². The van der Waals surface area contributed by atoms with Crippen LogP contribution in [0.1, 0.15) is 24.0 Å². The van der Waals surface area contributed by atoms with Crippen LogP contribution in [0.3, 0.4) is 0 Å². The standard InChI is InChI=1S/C16H25N3O/c1-18(10-4-9-17)16(20)8-12-19-11-7-14-5-2-3-6-15(14)13-19/h2-3,5-6H,4,7-13,17H2,1H3. The third-order valence-corrected chi connectivity index (χ3v) is 3.98. The average Bonchev–Trinajstić information content (AvgIpc) is 2.50. The van der Waals surface area contributed by atoms with E-state index in [4.69, 9.17) is 5.73 Å². The summed E-state index contributed by atoms with van der Waals surface area (Å²) in [4.78, 5) is 16.2. The van der Waals surface area contributed by atoms with E-state index in [0.29, 0.717) is 13.0 Å². The molecule has 1 heterocycles. The van der Waals surface area contributed by atoms with Crippen LogP contribution in [0, 0.1) is 0 Å². The molecule has 0 fully saturated rings. The lowest BCUT2D eigenvalue weighted by Crippen LogP contribution is -2.35. The van der Waals surface area contributed by atoms with Gasteiger partial charge in [0.25, 0.3) is 0 Å². The first kappa shape index (κ1) is 15.0. The van der Waals surface area contributed by atoms with Gasteiger partial charge in [-0.15, -0.1) is 0 Å². The van der Waals surface area contributed by atoms with Gasteiger partial charge in [0.2, 0.25) is 5.91 Å². The fourth-order valence-electron chi connectivity index (χ4n) is 2.64. The van der Waals surface area contributed by atoms with Crippen LogP contribution in [0.5, 0.6) is 0 Å². The molecule has 4 nitrogen and oxygen atoms in total. The Hall–Kier alpha value is -1.39. The first-order chi connectivity index (χ1) is 9.70. The number of carbonyl (C=O) groups excluding carboxylic acids is 1. The van der Waals surface area contributed by atoms with Crippen LogP contribution in [-0.4, -0.2) is 48.9 Å². The molecule has 1 aromatic rings. The van der Waals surface area contributed by atoms with E-state index < -0.39 is 0 Å². The van der Waals surface area contributed by atoms with E-state index >= 15 is 0 Å². The molecule has 0 saturated heterocycles. The van der Waals surface area contributed by atoms with Gasteiger partial charge < -0.3 is 10.6 Å². The predicted octanol–water partition coefficient (Wildman–Crippen LogP) is 1.24. The van der Waals surface area contributed by atoms with Crippen LogP contribution >= 0.6 is 0 Å². The number of carbonyl (C=O) groups is 1. The lowest BCUT2D eigenvalue weighted by Gasteiger charge is -2.29. The lowest BCUT2D eigenvalue weighted by molar-refractivity contribution is -0.130. The van der Waals surface area contributed by atoms with Gasteiger partial charge in [-0.1, -0.05) is 24.3 Å². The normalized spacial score (nSPS) is 14.9. The van der Waals surface area contributed by atoms with Crippen LogP contribution in [0.15, 0.2) is 24.3 Å². The number of hydrogen-bond acceptors (Lipinski definition) is 3. The van der Waals surface area contributed by atoms with Crippen molar-refractivity contribution in [1.29, 1.82) is 0 Å². The Labute approximate surface area is 121 Å². The number of rotatable bonds is 6. The second-order valence-corrected chi connectivity index (χ2v) is 5.50. The zero-order valence-corrected chi connectivity index (χ0v) is 12.3. The lowest BCUT2D eigenvalue weighted by atomic mass is 10.00. The maximum absolute atomic E-state index is 12.0. The van der Waals surface area contributed by atoms with Crippen molar-refractivity contribution in [2.45, 2.75) is 25.8 Å². The Bertz CT molecular complexity index is 447. The van der Waals surface area contributed by atoms with Crippen molar-refractivity contribution in [2.75, 3.05) is 33.2 Å². The molecule has 0 aliphatic carbocycles. The highest BCUT2D eigenvalue weighted by Gasteiger charge is 2.17. The molecule has 1 aromatic carbocycles. The average molecular weight is 275 g/mol. The van der Waals surface area contributed by atoms with Gasteiger partial charge in [0.05, 0.1) is 0 Å². The molecule has 2 N–H and O–H groups in total. The zero-order chi connectivity index (χ0) is 14.4. The van der Waals surface area contributed by atoms with E-state index in [1.807, 2.05) is 7.05 Å². The Morgan fingerprint density at radius 2 is 2.10 bits per heavy atom. The fourth-order valence-corrected chi connectivity index (χ4v) is 2.64. The van der Waals surface area contributed by atoms with Crippen LogP contribution in [0.25, 0.3) is 0 Å². The predicted molar refractivity (Wildman–Crippen MR) is 81.3 cm³/mol. The molecule has 0 spiro atoms. The van der Waals surface area contributed by atoms with E-state index in [9.17, 15) is 4.79 Å². The van der Waals surface area contributed by atoms with Gasteiger partial charge >= 0.3 is 0 Å². The highest BCUT2D eigenvalue weighted by molar-refractivity contribution is 5.76. The van der Waals surface area contributed by atoms with Crippen LogP contribution in [-0.2, 0) is 17.8 Å². The quantitative estimate of drug-likeness (QED) is 0.850. The molecule has 1 aliphatic heterocycles. The van der Waals surface area contributed by atoms with Crippen LogP contribution in [0.2, 0.25) is 0 Å². The summed E-state index contributed by atoms with van der Waals surface area (Å²) in [7, 11) is 1.86. The minimum atomic E-state index is 0.220. The summed E-state index contributed by atoms with van der Waals surface area (Å²) in [6, 6.07) is 8.59. The number of fused-ring (bicyclic) bond motifs is 1. The van der Waals surface area contributed by atoms with Crippen molar-refractivity contribution in [3.63, 3.8) is 0 Å². The number of hydrogen-bond donors (Lipinski definition) is 1. The molecule has 1 amide bonds. The molecule has 110 valence electrons. The summed E-state index contributed by atoms with van der Waals surface area (Å²) in [6.45, 7) is 4.27. The van der Waals surface area contributed by atoms with Crippen molar-refractivity contribution in [3.8, 4) is 0 Å². The van der Waals surface area contributed by atoms with Gasteiger partial charge in [0.1, 0.15) is 0 Å². The molecule has 0 bridgehead atoms. The first-order valence-corrected chi connectivity index (χ1v) is 7.44. The summed E-state index contributed by atoms with van der Waals surface area (Å²) in [5.74, 6) is 0.220. The van der Waals surface area contributed by atoms with E-state index in [1.54, 1.807) is 4.90 Å². The molecular formula is C16H25N3O. The fraction of sp³-hybridized carbons (Fsp3) is 0.562. The largest absolute Gasteiger partial charge is 0.346 e. The Morgan fingerprint density at radius 3 is 2.85 bits per heavy atom. The molecule has 0 saturated carbocycles. The Morgan fingerprint density at radius 1 is 1.35 bits per heavy atom. The topological polar surface area (TPSA) is 49.6 Å². The Balaban J connectivity index is 1.77. The summed E-state index contributed by atoms with van der Waals surface area (Å²) in [6.07, 6.45) is 2.57. The minimum absolute atomic E-state index is 0.220. The maximum atomic E-state index is 12.0. The third-order valence-electron chi connectivity index (χ3n) is 3.98. The summed E-state index contributed by atoms with van der Waals surface area (Å²) in [5, 5.41) is 0. The van der Waals surface area contributed by atoms with E-state index in [1.165, 1.54) is 11.1 Å². The summed E-state index contributed by atoms with van der Waals surface area (Å²) < 4.78 is 0. The monoisotopic (exact) mass is 275 g/mol. The van der Waals surface area contributed by atoms with Gasteiger partial charge in [-0.25, -0.2) is 0 Å². The zero-order valence-electron chi connectivity index (χ0n) is 12.3.